The molecule has 1 aliphatic carbocycles. The number of unbranched alkanes of at least 4 members (excludes halogenated alkanes) is 2. The van der Waals surface area contributed by atoms with Crippen LogP contribution >= 0.6 is 11.3 Å². The summed E-state index contributed by atoms with van der Waals surface area (Å²) in [5.74, 6) is 0. The maximum atomic E-state index is 3.77. The lowest BCUT2D eigenvalue weighted by atomic mass is 9.99. The molecule has 1 aliphatic rings. The number of hydrogen-bond donors (Lipinski definition) is 1. The summed E-state index contributed by atoms with van der Waals surface area (Å²) in [5.41, 5.74) is 1.64. The van der Waals surface area contributed by atoms with Crippen molar-refractivity contribution in [3.63, 3.8) is 0 Å². The van der Waals surface area contributed by atoms with Crippen LogP contribution in [0.5, 0.6) is 0 Å². The van der Waals surface area contributed by atoms with E-state index >= 15 is 0 Å². The van der Waals surface area contributed by atoms with E-state index in [1.54, 1.807) is 15.3 Å². The van der Waals surface area contributed by atoms with Gasteiger partial charge in [-0.15, -0.1) is 11.3 Å². The van der Waals surface area contributed by atoms with Gasteiger partial charge in [-0.05, 0) is 57.6 Å². The number of hydrogen-bond acceptors (Lipinski definition) is 2. The van der Waals surface area contributed by atoms with Crippen LogP contribution in [0.1, 0.15) is 80.7 Å². The molecule has 0 saturated heterocycles. The summed E-state index contributed by atoms with van der Waals surface area (Å²) >= 11 is 2.05. The van der Waals surface area contributed by atoms with E-state index in [9.17, 15) is 0 Å². The zero-order valence-electron chi connectivity index (χ0n) is 12.8. The van der Waals surface area contributed by atoms with Crippen LogP contribution in [-0.4, -0.2) is 6.04 Å². The normalized spacial score (nSPS) is 18.1. The standard InChI is InChI=1S/C17H29NS/c1-4-5-6-9-13(2)18-14(3)17-12-15-10-7-8-11-16(15)19-17/h12-14,18H,4-11H2,1-3H3. The predicted octanol–water partition coefficient (Wildman–Crippen LogP) is 5.25. The summed E-state index contributed by atoms with van der Waals surface area (Å²) in [7, 11) is 0. The Morgan fingerprint density at radius 1 is 1.21 bits per heavy atom. The molecule has 2 atom stereocenters. The van der Waals surface area contributed by atoms with Crippen molar-refractivity contribution in [3.05, 3.63) is 21.4 Å². The minimum atomic E-state index is 0.521. The average molecular weight is 279 g/mol. The Morgan fingerprint density at radius 3 is 2.74 bits per heavy atom. The fourth-order valence-corrected chi connectivity index (χ4v) is 4.29. The van der Waals surface area contributed by atoms with Gasteiger partial charge >= 0.3 is 0 Å². The van der Waals surface area contributed by atoms with Gasteiger partial charge in [0.2, 0.25) is 0 Å². The predicted molar refractivity (Wildman–Crippen MR) is 86.1 cm³/mol. The van der Waals surface area contributed by atoms with E-state index in [1.165, 1.54) is 51.4 Å². The lowest BCUT2D eigenvalue weighted by Crippen LogP contribution is -2.28. The average Bonchev–Trinajstić information content (AvgIpc) is 2.83. The molecule has 1 aromatic rings. The second kappa shape index (κ2) is 7.44. The van der Waals surface area contributed by atoms with Crippen LogP contribution < -0.4 is 5.32 Å². The molecule has 2 rings (SSSR count). The zero-order valence-corrected chi connectivity index (χ0v) is 13.6. The van der Waals surface area contributed by atoms with Crippen molar-refractivity contribution < 1.29 is 0 Å². The maximum Gasteiger partial charge on any atom is 0.0388 e. The molecule has 0 aliphatic heterocycles. The van der Waals surface area contributed by atoms with Gasteiger partial charge in [-0.2, -0.15) is 0 Å². The van der Waals surface area contributed by atoms with Crippen molar-refractivity contribution >= 4 is 11.3 Å². The van der Waals surface area contributed by atoms with E-state index in [1.807, 2.05) is 0 Å². The van der Waals surface area contributed by atoms with Gasteiger partial charge in [-0.25, -0.2) is 0 Å². The van der Waals surface area contributed by atoms with Crippen molar-refractivity contribution in [2.24, 2.45) is 0 Å². The first-order valence-corrected chi connectivity index (χ1v) is 8.90. The van der Waals surface area contributed by atoms with Crippen molar-refractivity contribution in [2.75, 3.05) is 0 Å². The molecular formula is C17H29NS. The molecular weight excluding hydrogens is 250 g/mol. The lowest BCUT2D eigenvalue weighted by Gasteiger charge is -2.19. The van der Waals surface area contributed by atoms with Gasteiger partial charge in [0.05, 0.1) is 0 Å². The maximum absolute atomic E-state index is 3.77. The summed E-state index contributed by atoms with van der Waals surface area (Å²) in [6.07, 6.45) is 10.8. The van der Waals surface area contributed by atoms with Gasteiger partial charge < -0.3 is 5.32 Å². The molecule has 1 nitrogen and oxygen atoms in total. The Morgan fingerprint density at radius 2 is 2.00 bits per heavy atom. The van der Waals surface area contributed by atoms with Gasteiger partial charge in [0.1, 0.15) is 0 Å². The van der Waals surface area contributed by atoms with Crippen LogP contribution in [0, 0.1) is 0 Å². The first-order valence-electron chi connectivity index (χ1n) is 8.08. The fraction of sp³-hybridized carbons (Fsp3) is 0.765. The summed E-state index contributed by atoms with van der Waals surface area (Å²) in [6.45, 7) is 6.93. The molecule has 1 aromatic heterocycles. The van der Waals surface area contributed by atoms with Crippen LogP contribution in [0.3, 0.4) is 0 Å². The Balaban J connectivity index is 1.85. The second-order valence-corrected chi connectivity index (χ2v) is 7.26. The van der Waals surface area contributed by atoms with Crippen LogP contribution in [0.15, 0.2) is 6.07 Å². The Hall–Kier alpha value is -0.340. The quantitative estimate of drug-likeness (QED) is 0.672. The van der Waals surface area contributed by atoms with Gasteiger partial charge in [0.15, 0.2) is 0 Å². The van der Waals surface area contributed by atoms with E-state index in [4.69, 9.17) is 0 Å². The highest BCUT2D eigenvalue weighted by Gasteiger charge is 2.17. The van der Waals surface area contributed by atoms with Crippen LogP contribution in [0.4, 0.5) is 0 Å². The Kier molecular flexibility index (Phi) is 5.90. The summed E-state index contributed by atoms with van der Waals surface area (Å²) in [6, 6.07) is 3.63. The molecule has 108 valence electrons. The summed E-state index contributed by atoms with van der Waals surface area (Å²) < 4.78 is 0. The molecule has 19 heavy (non-hydrogen) atoms. The number of thiophene rings is 1. The third kappa shape index (κ3) is 4.32. The van der Waals surface area contributed by atoms with Crippen LogP contribution in [0.2, 0.25) is 0 Å². The molecule has 2 unspecified atom stereocenters. The number of fused-ring (bicyclic) bond motifs is 1. The second-order valence-electron chi connectivity index (χ2n) is 6.09. The highest BCUT2D eigenvalue weighted by Crippen LogP contribution is 2.33. The topological polar surface area (TPSA) is 12.0 Å². The van der Waals surface area contributed by atoms with Crippen molar-refractivity contribution in [2.45, 2.75) is 84.2 Å². The molecule has 0 saturated carbocycles. The number of aryl methyl sites for hydroxylation is 2. The zero-order chi connectivity index (χ0) is 13.7. The molecule has 0 bridgehead atoms. The van der Waals surface area contributed by atoms with Gasteiger partial charge in [0, 0.05) is 21.8 Å². The molecule has 2 heteroatoms. The van der Waals surface area contributed by atoms with Crippen molar-refractivity contribution in [3.8, 4) is 0 Å². The van der Waals surface area contributed by atoms with Crippen LogP contribution in [-0.2, 0) is 12.8 Å². The van der Waals surface area contributed by atoms with Gasteiger partial charge in [-0.1, -0.05) is 26.2 Å². The molecule has 1 N–H and O–H groups in total. The van der Waals surface area contributed by atoms with Crippen molar-refractivity contribution in [1.82, 2.24) is 5.32 Å². The monoisotopic (exact) mass is 279 g/mol. The highest BCUT2D eigenvalue weighted by atomic mass is 32.1. The van der Waals surface area contributed by atoms with E-state index in [2.05, 4.69) is 43.5 Å². The highest BCUT2D eigenvalue weighted by molar-refractivity contribution is 7.12. The van der Waals surface area contributed by atoms with E-state index in [0.29, 0.717) is 12.1 Å². The van der Waals surface area contributed by atoms with Gasteiger partial charge in [-0.3, -0.25) is 0 Å². The SMILES string of the molecule is CCCCCC(C)NC(C)c1cc2c(s1)CCCC2. The third-order valence-corrected chi connectivity index (χ3v) is 5.64. The minimum absolute atomic E-state index is 0.521. The first kappa shape index (κ1) is 15.1. The van der Waals surface area contributed by atoms with Crippen molar-refractivity contribution in [1.29, 1.82) is 0 Å². The number of nitrogens with one attached hydrogen (secondary N) is 1. The minimum Gasteiger partial charge on any atom is -0.307 e. The van der Waals surface area contributed by atoms with E-state index in [-0.39, 0.29) is 0 Å². The third-order valence-electron chi connectivity index (χ3n) is 4.22. The fourth-order valence-electron chi connectivity index (χ4n) is 3.02. The molecule has 0 spiro atoms. The van der Waals surface area contributed by atoms with Crippen LogP contribution in [0.25, 0.3) is 0 Å². The van der Waals surface area contributed by atoms with Gasteiger partial charge in [0.25, 0.3) is 0 Å². The first-order chi connectivity index (χ1) is 9.20. The molecule has 0 amide bonds. The Bertz CT molecular complexity index is 359. The molecule has 0 aromatic carbocycles. The summed E-state index contributed by atoms with van der Waals surface area (Å²) in [5, 5.41) is 3.77. The molecule has 0 radical (unpaired) electrons. The Labute approximate surface area is 122 Å². The van der Waals surface area contributed by atoms with E-state index < -0.39 is 0 Å². The molecule has 1 heterocycles. The van der Waals surface area contributed by atoms with E-state index in [0.717, 1.165) is 0 Å². The number of rotatable bonds is 7. The molecule has 0 fully saturated rings. The summed E-state index contributed by atoms with van der Waals surface area (Å²) in [4.78, 5) is 3.21. The lowest BCUT2D eigenvalue weighted by molar-refractivity contribution is 0.443. The smallest absolute Gasteiger partial charge is 0.0388 e. The largest absolute Gasteiger partial charge is 0.307 e.